The molecule has 1 aliphatic carbocycles. The van der Waals surface area contributed by atoms with Crippen molar-refractivity contribution in [2.75, 3.05) is 32.8 Å². The number of fused-ring (bicyclic) bond motifs is 1. The monoisotopic (exact) mass is 321 g/mol. The van der Waals surface area contributed by atoms with Crippen molar-refractivity contribution in [3.8, 4) is 11.8 Å². The number of hydrogen-bond acceptors (Lipinski definition) is 6. The minimum Gasteiger partial charge on any atom is -0.476 e. The lowest BCUT2D eigenvalue weighted by Crippen LogP contribution is -2.28. The maximum absolute atomic E-state index is 6.15. The molecule has 120 valence electrons. The smallest absolute Gasteiger partial charge is 0.232 e. The van der Waals surface area contributed by atoms with E-state index in [9.17, 15) is 0 Å². The van der Waals surface area contributed by atoms with Gasteiger partial charge in [-0.25, -0.2) is 0 Å². The molecule has 3 aliphatic rings. The first-order chi connectivity index (χ1) is 10.7. The van der Waals surface area contributed by atoms with Crippen molar-refractivity contribution in [3.63, 3.8) is 0 Å². The number of ether oxygens (including phenoxy) is 2. The van der Waals surface area contributed by atoms with Gasteiger partial charge in [0.25, 0.3) is 0 Å². The van der Waals surface area contributed by atoms with E-state index in [0.29, 0.717) is 6.61 Å². The molecule has 1 spiro atoms. The third-order valence-corrected chi connectivity index (χ3v) is 5.44. The second-order valence-electron chi connectivity index (χ2n) is 6.52. The summed E-state index contributed by atoms with van der Waals surface area (Å²) in [6, 6.07) is 2.12. The van der Waals surface area contributed by atoms with Crippen LogP contribution in [0, 0.1) is 6.92 Å². The van der Waals surface area contributed by atoms with Crippen LogP contribution in [0.1, 0.15) is 31.2 Å². The van der Waals surface area contributed by atoms with Crippen LogP contribution < -0.4 is 14.2 Å². The van der Waals surface area contributed by atoms with Gasteiger partial charge in [0.1, 0.15) is 12.2 Å². The largest absolute Gasteiger partial charge is 0.476 e. The number of likely N-dealkylation sites (tertiary alicyclic amines) is 1. The summed E-state index contributed by atoms with van der Waals surface area (Å²) in [6.07, 6.45) is 4.86. The molecule has 2 aliphatic heterocycles. The Morgan fingerprint density at radius 2 is 2.23 bits per heavy atom. The molecule has 0 unspecified atom stereocenters. The van der Waals surface area contributed by atoms with Crippen molar-refractivity contribution in [1.82, 2.24) is 14.6 Å². The molecule has 0 atom stereocenters. The summed E-state index contributed by atoms with van der Waals surface area (Å²) in [4.78, 5) is 8.16. The zero-order valence-corrected chi connectivity index (χ0v) is 13.9. The first-order valence-corrected chi connectivity index (χ1v) is 9.01. The van der Waals surface area contributed by atoms with Gasteiger partial charge in [-0.1, -0.05) is 0 Å². The van der Waals surface area contributed by atoms with Gasteiger partial charge in [0, 0.05) is 18.7 Å². The van der Waals surface area contributed by atoms with Gasteiger partial charge in [-0.2, -0.15) is 4.98 Å². The molecule has 1 aromatic rings. The molecule has 4 rings (SSSR count). The van der Waals surface area contributed by atoms with E-state index in [0.717, 1.165) is 48.2 Å². The fourth-order valence-corrected chi connectivity index (χ4v) is 3.93. The van der Waals surface area contributed by atoms with Crippen LogP contribution in [0.5, 0.6) is 11.8 Å². The highest BCUT2D eigenvalue weighted by molar-refractivity contribution is 7.97. The summed E-state index contributed by atoms with van der Waals surface area (Å²) in [6.45, 7) is 7.03. The molecule has 1 aromatic heterocycles. The molecule has 0 radical (unpaired) electrons. The Bertz CT molecular complexity index is 557. The maximum atomic E-state index is 6.15. The Morgan fingerprint density at radius 1 is 1.41 bits per heavy atom. The maximum Gasteiger partial charge on any atom is 0.232 e. The van der Waals surface area contributed by atoms with Gasteiger partial charge in [0.05, 0.1) is 4.90 Å². The molecule has 0 bridgehead atoms. The van der Waals surface area contributed by atoms with Gasteiger partial charge in [0.15, 0.2) is 0 Å². The average Bonchev–Trinajstić information content (AvgIpc) is 3.11. The van der Waals surface area contributed by atoms with Crippen LogP contribution >= 0.6 is 11.9 Å². The molecule has 1 N–H and O–H groups in total. The highest BCUT2D eigenvalue weighted by Gasteiger charge is 2.47. The highest BCUT2D eigenvalue weighted by atomic mass is 32.2. The predicted molar refractivity (Wildman–Crippen MR) is 86.6 cm³/mol. The summed E-state index contributed by atoms with van der Waals surface area (Å²) < 4.78 is 15.5. The van der Waals surface area contributed by atoms with Gasteiger partial charge < -0.3 is 9.47 Å². The van der Waals surface area contributed by atoms with Gasteiger partial charge in [-0.05, 0) is 63.7 Å². The quantitative estimate of drug-likeness (QED) is 0.859. The van der Waals surface area contributed by atoms with E-state index in [1.165, 1.54) is 25.9 Å². The molecule has 3 heterocycles. The number of rotatable bonds is 4. The third-order valence-electron chi connectivity index (χ3n) is 4.64. The Kier molecular flexibility index (Phi) is 3.92. The van der Waals surface area contributed by atoms with Gasteiger partial charge in [-0.15, -0.1) is 0 Å². The van der Waals surface area contributed by atoms with Gasteiger partial charge >= 0.3 is 0 Å². The number of aromatic nitrogens is 1. The minimum absolute atomic E-state index is 0.0205. The molecule has 2 fully saturated rings. The molecule has 22 heavy (non-hydrogen) atoms. The molecule has 1 saturated heterocycles. The summed E-state index contributed by atoms with van der Waals surface area (Å²) in [7, 11) is 0. The molecule has 0 amide bonds. The van der Waals surface area contributed by atoms with Crippen LogP contribution in [0.4, 0.5) is 0 Å². The fraction of sp³-hybridized carbons (Fsp3) is 0.688. The van der Waals surface area contributed by atoms with Crippen LogP contribution in [0.2, 0.25) is 0 Å². The Morgan fingerprint density at radius 3 is 3.00 bits per heavy atom. The third kappa shape index (κ3) is 3.05. The van der Waals surface area contributed by atoms with Crippen LogP contribution in [0.25, 0.3) is 0 Å². The summed E-state index contributed by atoms with van der Waals surface area (Å²) in [5, 5.41) is 0. The topological polar surface area (TPSA) is 46.6 Å². The first kappa shape index (κ1) is 14.6. The van der Waals surface area contributed by atoms with Gasteiger partial charge in [0.2, 0.25) is 11.8 Å². The van der Waals surface area contributed by atoms with E-state index in [1.807, 2.05) is 0 Å². The van der Waals surface area contributed by atoms with Crippen molar-refractivity contribution in [3.05, 3.63) is 11.6 Å². The van der Waals surface area contributed by atoms with Crippen molar-refractivity contribution >= 4 is 11.9 Å². The van der Waals surface area contributed by atoms with Crippen LogP contribution in [0.15, 0.2) is 11.0 Å². The fourth-order valence-electron chi connectivity index (χ4n) is 3.03. The second-order valence-corrected chi connectivity index (χ2v) is 7.45. The number of pyridine rings is 1. The first-order valence-electron chi connectivity index (χ1n) is 8.20. The normalized spacial score (nSPS) is 23.0. The Balaban J connectivity index is 1.44. The molecule has 0 aromatic carbocycles. The van der Waals surface area contributed by atoms with E-state index in [2.05, 4.69) is 27.6 Å². The zero-order valence-electron chi connectivity index (χ0n) is 13.1. The second kappa shape index (κ2) is 5.91. The number of nitrogens with zero attached hydrogens (tertiary/aromatic N) is 2. The number of nitrogens with one attached hydrogen (secondary N) is 1. The lowest BCUT2D eigenvalue weighted by Gasteiger charge is -2.17. The van der Waals surface area contributed by atoms with Crippen molar-refractivity contribution in [2.24, 2.45) is 0 Å². The SMILES string of the molecule is Cc1cc2c(nc1OCCN1CCCC1)OC1(CC1)CNS2. The molecule has 1 saturated carbocycles. The van der Waals surface area contributed by atoms with Crippen molar-refractivity contribution < 1.29 is 9.47 Å². The number of hydrogen-bond donors (Lipinski definition) is 1. The van der Waals surface area contributed by atoms with Crippen molar-refractivity contribution in [2.45, 2.75) is 43.1 Å². The lowest BCUT2D eigenvalue weighted by atomic mass is 10.3. The van der Waals surface area contributed by atoms with E-state index >= 15 is 0 Å². The summed E-state index contributed by atoms with van der Waals surface area (Å²) in [5.41, 5.74) is 1.05. The lowest BCUT2D eigenvalue weighted by molar-refractivity contribution is 0.169. The average molecular weight is 321 g/mol. The predicted octanol–water partition coefficient (Wildman–Crippen LogP) is 2.39. The minimum atomic E-state index is -0.0205. The van der Waals surface area contributed by atoms with Crippen LogP contribution in [0.3, 0.4) is 0 Å². The van der Waals surface area contributed by atoms with E-state index < -0.39 is 0 Å². The Hall–Kier alpha value is -0.980. The van der Waals surface area contributed by atoms with Gasteiger partial charge in [-0.3, -0.25) is 9.62 Å². The summed E-state index contributed by atoms with van der Waals surface area (Å²) in [5.74, 6) is 1.45. The standard InChI is InChI=1S/C16H23N3O2S/c1-12-10-13-15(21-16(4-5-16)11-17-22-13)18-14(12)20-9-8-19-6-2-3-7-19/h10,17H,2-9,11H2,1H3. The summed E-state index contributed by atoms with van der Waals surface area (Å²) >= 11 is 1.62. The molecule has 6 heteroatoms. The zero-order chi connectivity index (χ0) is 15.0. The van der Waals surface area contributed by atoms with Crippen molar-refractivity contribution in [1.29, 1.82) is 0 Å². The highest BCUT2D eigenvalue weighted by Crippen LogP contribution is 2.45. The van der Waals surface area contributed by atoms with E-state index in [4.69, 9.17) is 9.47 Å². The van der Waals surface area contributed by atoms with E-state index in [1.54, 1.807) is 11.9 Å². The Labute approximate surface area is 135 Å². The number of aryl methyl sites for hydroxylation is 1. The van der Waals surface area contributed by atoms with Crippen LogP contribution in [-0.4, -0.2) is 48.3 Å². The van der Waals surface area contributed by atoms with Crippen LogP contribution in [-0.2, 0) is 0 Å². The molecule has 5 nitrogen and oxygen atoms in total. The molecular weight excluding hydrogens is 298 g/mol. The molecular formula is C16H23N3O2S. The van der Waals surface area contributed by atoms with E-state index in [-0.39, 0.29) is 5.60 Å².